The molecule has 6 heteroatoms. The van der Waals surface area contributed by atoms with Crippen LogP contribution in [0.3, 0.4) is 0 Å². The molecule has 0 aliphatic rings. The van der Waals surface area contributed by atoms with E-state index in [1.54, 1.807) is 7.11 Å². The highest BCUT2D eigenvalue weighted by atomic mass is 32.1. The van der Waals surface area contributed by atoms with Crippen molar-refractivity contribution in [3.05, 3.63) is 21.5 Å². The lowest BCUT2D eigenvalue weighted by atomic mass is 10.4. The van der Waals surface area contributed by atoms with Gasteiger partial charge in [0.1, 0.15) is 10.6 Å². The van der Waals surface area contributed by atoms with Crippen LogP contribution < -0.4 is 10.5 Å². The summed E-state index contributed by atoms with van der Waals surface area (Å²) >= 11 is 1.49. The van der Waals surface area contributed by atoms with Crippen molar-refractivity contribution in [1.29, 1.82) is 0 Å². The van der Waals surface area contributed by atoms with Crippen LogP contribution in [0, 0.1) is 6.92 Å². The molecule has 0 amide bonds. The van der Waals surface area contributed by atoms with Gasteiger partial charge in [0.15, 0.2) is 5.82 Å². The Balaban J connectivity index is 2.55. The summed E-state index contributed by atoms with van der Waals surface area (Å²) in [7, 11) is 1.57. The topological polar surface area (TPSA) is 68.1 Å². The zero-order chi connectivity index (χ0) is 10.1. The molecular formula is C8H8N2O3S. The number of methoxy groups -OCH3 is 1. The molecule has 2 aromatic heterocycles. The first-order chi connectivity index (χ1) is 6.70. The average Bonchev–Trinajstić information content (AvgIpc) is 2.71. The van der Waals surface area contributed by atoms with Crippen LogP contribution in [-0.2, 0) is 0 Å². The van der Waals surface area contributed by atoms with Crippen LogP contribution in [0.15, 0.2) is 15.4 Å². The van der Waals surface area contributed by atoms with E-state index in [0.717, 1.165) is 9.75 Å². The van der Waals surface area contributed by atoms with Gasteiger partial charge in [0.2, 0.25) is 0 Å². The second-order valence-corrected chi connectivity index (χ2v) is 3.95. The highest BCUT2D eigenvalue weighted by Crippen LogP contribution is 2.35. The smallest absolute Gasteiger partial charge is 0.439 e. The molecule has 0 atom stereocenters. The van der Waals surface area contributed by atoms with Crippen LogP contribution >= 0.6 is 11.3 Å². The van der Waals surface area contributed by atoms with Crippen molar-refractivity contribution >= 4 is 11.3 Å². The van der Waals surface area contributed by atoms with Crippen molar-refractivity contribution < 1.29 is 9.26 Å². The van der Waals surface area contributed by atoms with E-state index in [1.807, 2.05) is 13.0 Å². The molecule has 0 aliphatic carbocycles. The number of aromatic amines is 1. The Labute approximate surface area is 83.3 Å². The first-order valence-corrected chi connectivity index (χ1v) is 4.73. The molecule has 0 saturated carbocycles. The largest absolute Gasteiger partial charge is 0.495 e. The van der Waals surface area contributed by atoms with Crippen molar-refractivity contribution in [2.75, 3.05) is 7.11 Å². The number of nitrogens with one attached hydrogen (secondary N) is 1. The fourth-order valence-corrected chi connectivity index (χ4v) is 2.05. The van der Waals surface area contributed by atoms with E-state index in [4.69, 9.17) is 4.74 Å². The number of aromatic nitrogens is 2. The van der Waals surface area contributed by atoms with Gasteiger partial charge in [-0.3, -0.25) is 9.51 Å². The summed E-state index contributed by atoms with van der Waals surface area (Å²) in [6.07, 6.45) is 0. The third kappa shape index (κ3) is 1.44. The number of aryl methyl sites for hydroxylation is 1. The summed E-state index contributed by atoms with van der Waals surface area (Å²) in [6, 6.07) is 1.88. The molecule has 74 valence electrons. The van der Waals surface area contributed by atoms with Gasteiger partial charge in [-0.1, -0.05) is 5.16 Å². The number of rotatable bonds is 2. The third-order valence-electron chi connectivity index (χ3n) is 1.70. The van der Waals surface area contributed by atoms with Crippen LogP contribution in [0.1, 0.15) is 4.88 Å². The van der Waals surface area contributed by atoms with Gasteiger partial charge in [-0.2, -0.15) is 0 Å². The molecule has 2 aromatic rings. The molecule has 0 saturated heterocycles. The number of hydrogen-bond donors (Lipinski definition) is 1. The Morgan fingerprint density at radius 3 is 3.00 bits per heavy atom. The predicted octanol–water partition coefficient (Wildman–Crippen LogP) is 1.41. The molecular weight excluding hydrogens is 204 g/mol. The Morgan fingerprint density at radius 1 is 1.64 bits per heavy atom. The predicted molar refractivity (Wildman–Crippen MR) is 51.7 cm³/mol. The quantitative estimate of drug-likeness (QED) is 0.817. The van der Waals surface area contributed by atoms with E-state index >= 15 is 0 Å². The second kappa shape index (κ2) is 3.30. The molecule has 5 nitrogen and oxygen atoms in total. The minimum absolute atomic E-state index is 0.407. The average molecular weight is 212 g/mol. The molecule has 0 aromatic carbocycles. The van der Waals surface area contributed by atoms with E-state index in [2.05, 4.69) is 14.7 Å². The van der Waals surface area contributed by atoms with Gasteiger partial charge in [-0.05, 0) is 13.0 Å². The van der Waals surface area contributed by atoms with Crippen LogP contribution in [0.25, 0.3) is 10.7 Å². The van der Waals surface area contributed by atoms with E-state index < -0.39 is 5.76 Å². The minimum atomic E-state index is -0.562. The van der Waals surface area contributed by atoms with Gasteiger partial charge in [0.25, 0.3) is 0 Å². The van der Waals surface area contributed by atoms with Gasteiger partial charge in [0.05, 0.1) is 7.11 Å². The Bertz CT molecular complexity index is 497. The van der Waals surface area contributed by atoms with Crippen LogP contribution in [0.4, 0.5) is 0 Å². The zero-order valence-corrected chi connectivity index (χ0v) is 8.47. The highest BCUT2D eigenvalue weighted by molar-refractivity contribution is 7.15. The van der Waals surface area contributed by atoms with Crippen molar-refractivity contribution in [1.82, 2.24) is 10.1 Å². The van der Waals surface area contributed by atoms with Gasteiger partial charge in [-0.15, -0.1) is 11.3 Å². The van der Waals surface area contributed by atoms with Gasteiger partial charge in [-0.25, -0.2) is 4.79 Å². The van der Waals surface area contributed by atoms with Gasteiger partial charge < -0.3 is 4.74 Å². The number of H-pyrrole nitrogens is 1. The maximum absolute atomic E-state index is 10.7. The SMILES string of the molecule is COc1cc(C)sc1-c1noc(=O)[nH]1. The fourth-order valence-electron chi connectivity index (χ4n) is 1.14. The van der Waals surface area contributed by atoms with Crippen molar-refractivity contribution in [3.8, 4) is 16.5 Å². The number of hydrogen-bond acceptors (Lipinski definition) is 5. The molecule has 1 N–H and O–H groups in total. The van der Waals surface area contributed by atoms with E-state index in [1.165, 1.54) is 11.3 Å². The van der Waals surface area contributed by atoms with Crippen molar-refractivity contribution in [2.45, 2.75) is 6.92 Å². The normalized spacial score (nSPS) is 10.4. The van der Waals surface area contributed by atoms with Gasteiger partial charge in [0, 0.05) is 4.88 Å². The fraction of sp³-hybridized carbons (Fsp3) is 0.250. The number of nitrogens with zero attached hydrogens (tertiary/aromatic N) is 1. The van der Waals surface area contributed by atoms with E-state index in [9.17, 15) is 4.79 Å². The molecule has 0 unspecified atom stereocenters. The second-order valence-electron chi connectivity index (χ2n) is 2.70. The molecule has 0 bridgehead atoms. The van der Waals surface area contributed by atoms with Crippen LogP contribution in [0.5, 0.6) is 5.75 Å². The lowest BCUT2D eigenvalue weighted by Gasteiger charge is -1.95. The highest BCUT2D eigenvalue weighted by Gasteiger charge is 2.13. The Hall–Kier alpha value is -1.56. The molecule has 0 radical (unpaired) electrons. The first kappa shape index (κ1) is 9.01. The minimum Gasteiger partial charge on any atom is -0.495 e. The van der Waals surface area contributed by atoms with E-state index in [-0.39, 0.29) is 0 Å². The van der Waals surface area contributed by atoms with Gasteiger partial charge >= 0.3 is 5.76 Å². The summed E-state index contributed by atoms with van der Waals surface area (Å²) < 4.78 is 9.55. The molecule has 0 fully saturated rings. The molecule has 14 heavy (non-hydrogen) atoms. The van der Waals surface area contributed by atoms with Crippen molar-refractivity contribution in [2.24, 2.45) is 0 Å². The molecule has 2 rings (SSSR count). The summed E-state index contributed by atoms with van der Waals surface area (Å²) in [6.45, 7) is 1.95. The molecule has 2 heterocycles. The lowest BCUT2D eigenvalue weighted by Crippen LogP contribution is -1.94. The summed E-state index contributed by atoms with van der Waals surface area (Å²) in [5.74, 6) is 0.537. The maximum atomic E-state index is 10.7. The summed E-state index contributed by atoms with van der Waals surface area (Å²) in [5.41, 5.74) is 0. The molecule has 0 aliphatic heterocycles. The number of ether oxygens (including phenoxy) is 1. The molecule has 0 spiro atoms. The lowest BCUT2D eigenvalue weighted by molar-refractivity contribution is 0.387. The van der Waals surface area contributed by atoms with Crippen LogP contribution in [0.2, 0.25) is 0 Å². The monoisotopic (exact) mass is 212 g/mol. The zero-order valence-electron chi connectivity index (χ0n) is 7.66. The Kier molecular flexibility index (Phi) is 2.12. The Morgan fingerprint density at radius 2 is 2.43 bits per heavy atom. The van der Waals surface area contributed by atoms with Crippen LogP contribution in [-0.4, -0.2) is 17.3 Å². The number of thiophene rings is 1. The van der Waals surface area contributed by atoms with Crippen molar-refractivity contribution in [3.63, 3.8) is 0 Å². The summed E-state index contributed by atoms with van der Waals surface area (Å²) in [5, 5.41) is 3.60. The standard InChI is InChI=1S/C8H8N2O3S/c1-4-3-5(12-2)6(14-4)7-9-8(11)13-10-7/h3H,1-2H3,(H,9,10,11). The first-order valence-electron chi connectivity index (χ1n) is 3.91. The maximum Gasteiger partial charge on any atom is 0.439 e. The third-order valence-corrected chi connectivity index (χ3v) is 2.73. The summed E-state index contributed by atoms with van der Waals surface area (Å²) in [4.78, 5) is 15.1. The van der Waals surface area contributed by atoms with E-state index in [0.29, 0.717) is 11.6 Å².